The van der Waals surface area contributed by atoms with Crippen molar-refractivity contribution in [1.82, 2.24) is 4.90 Å². The summed E-state index contributed by atoms with van der Waals surface area (Å²) in [5.74, 6) is -4.61. The summed E-state index contributed by atoms with van der Waals surface area (Å²) in [5.41, 5.74) is 5.71. The highest BCUT2D eigenvalue weighted by molar-refractivity contribution is 7.90. The van der Waals surface area contributed by atoms with Gasteiger partial charge in [-0.2, -0.15) is 13.2 Å². The SMILES string of the molecule is CS(=O)(=O)c1c(F)cccc1-c1ccc(NC(=O)C(=O)N(Cc2cccc(C(N)=O)c2)CC(F)(F)F)cc1. The molecule has 0 atom stereocenters. The number of rotatable bonds is 7. The quantitative estimate of drug-likeness (QED) is 0.343. The lowest BCUT2D eigenvalue weighted by molar-refractivity contribution is -0.164. The first-order chi connectivity index (χ1) is 17.7. The number of primary amides is 1. The van der Waals surface area contributed by atoms with Crippen molar-refractivity contribution in [3.05, 3.63) is 83.7 Å². The van der Waals surface area contributed by atoms with Gasteiger partial charge in [-0.25, -0.2) is 12.8 Å². The van der Waals surface area contributed by atoms with E-state index in [0.717, 1.165) is 12.3 Å². The molecule has 3 aromatic carbocycles. The van der Waals surface area contributed by atoms with Crippen molar-refractivity contribution in [3.63, 3.8) is 0 Å². The van der Waals surface area contributed by atoms with Gasteiger partial charge >= 0.3 is 18.0 Å². The van der Waals surface area contributed by atoms with Crippen LogP contribution in [-0.4, -0.2) is 50.0 Å². The Bertz CT molecular complexity index is 1490. The second-order valence-electron chi connectivity index (χ2n) is 8.26. The predicted molar refractivity (Wildman–Crippen MR) is 130 cm³/mol. The fourth-order valence-electron chi connectivity index (χ4n) is 3.63. The number of alkyl halides is 3. The number of sulfone groups is 1. The number of carbonyl (C=O) groups is 3. The van der Waals surface area contributed by atoms with E-state index in [0.29, 0.717) is 0 Å². The summed E-state index contributed by atoms with van der Waals surface area (Å²) < 4.78 is 77.7. The first-order valence-corrected chi connectivity index (χ1v) is 12.7. The van der Waals surface area contributed by atoms with Crippen LogP contribution < -0.4 is 11.1 Å². The van der Waals surface area contributed by atoms with E-state index in [1.165, 1.54) is 60.7 Å². The van der Waals surface area contributed by atoms with Crippen molar-refractivity contribution in [1.29, 1.82) is 0 Å². The molecule has 0 aliphatic rings. The van der Waals surface area contributed by atoms with Crippen molar-refractivity contribution in [2.24, 2.45) is 5.73 Å². The van der Waals surface area contributed by atoms with Crippen LogP contribution in [-0.2, 0) is 26.0 Å². The molecule has 8 nitrogen and oxygen atoms in total. The van der Waals surface area contributed by atoms with Crippen LogP contribution in [0.1, 0.15) is 15.9 Å². The van der Waals surface area contributed by atoms with Gasteiger partial charge in [0.2, 0.25) is 5.91 Å². The average molecular weight is 552 g/mol. The van der Waals surface area contributed by atoms with E-state index in [1.54, 1.807) is 0 Å². The number of benzene rings is 3. The number of nitrogens with one attached hydrogen (secondary N) is 1. The third-order valence-corrected chi connectivity index (χ3v) is 6.38. The molecule has 3 aromatic rings. The highest BCUT2D eigenvalue weighted by atomic mass is 32.2. The summed E-state index contributed by atoms with van der Waals surface area (Å²) in [6, 6.07) is 14.3. The fraction of sp³-hybridized carbons (Fsp3) is 0.160. The molecule has 0 aliphatic carbocycles. The first-order valence-electron chi connectivity index (χ1n) is 10.8. The van der Waals surface area contributed by atoms with Crippen molar-refractivity contribution in [3.8, 4) is 11.1 Å². The van der Waals surface area contributed by atoms with Crippen LogP contribution in [0.3, 0.4) is 0 Å². The van der Waals surface area contributed by atoms with Gasteiger partial charge in [-0.3, -0.25) is 14.4 Å². The molecular formula is C25H21F4N3O5S. The van der Waals surface area contributed by atoms with Crippen molar-refractivity contribution in [2.45, 2.75) is 17.6 Å². The predicted octanol–water partition coefficient (Wildman–Crippen LogP) is 3.52. The van der Waals surface area contributed by atoms with E-state index in [4.69, 9.17) is 5.73 Å². The molecule has 200 valence electrons. The normalized spacial score (nSPS) is 11.6. The summed E-state index contributed by atoms with van der Waals surface area (Å²) in [6.45, 7) is -2.35. The van der Waals surface area contributed by atoms with Crippen LogP contribution in [0.25, 0.3) is 11.1 Å². The Balaban J connectivity index is 1.81. The lowest BCUT2D eigenvalue weighted by Gasteiger charge is -2.23. The topological polar surface area (TPSA) is 127 Å². The van der Waals surface area contributed by atoms with Crippen LogP contribution in [0.15, 0.2) is 71.6 Å². The molecule has 13 heteroatoms. The molecule has 3 amide bonds. The molecule has 0 bridgehead atoms. The third kappa shape index (κ3) is 7.16. The maximum absolute atomic E-state index is 14.2. The van der Waals surface area contributed by atoms with Gasteiger partial charge in [-0.05, 0) is 41.5 Å². The van der Waals surface area contributed by atoms with E-state index in [9.17, 15) is 40.4 Å². The minimum absolute atomic E-state index is 0.0174. The number of carbonyl (C=O) groups excluding carboxylic acids is 3. The highest BCUT2D eigenvalue weighted by Gasteiger charge is 2.35. The summed E-state index contributed by atoms with van der Waals surface area (Å²) in [5, 5.41) is 2.19. The molecule has 0 saturated heterocycles. The van der Waals surface area contributed by atoms with E-state index >= 15 is 0 Å². The summed E-state index contributed by atoms with van der Waals surface area (Å²) in [7, 11) is -3.92. The Hall–Kier alpha value is -4.26. The lowest BCUT2D eigenvalue weighted by atomic mass is 10.1. The molecule has 0 spiro atoms. The standard InChI is InChI=1S/C25H21F4N3O5S/c1-38(36,37)21-19(6-3-7-20(21)26)16-8-10-18(11-9-16)31-23(34)24(35)32(14-25(27,28)29)13-15-4-2-5-17(12-15)22(30)33/h2-12H,13-14H2,1H3,(H2,30,33)(H,31,34). The van der Waals surface area contributed by atoms with Gasteiger partial charge in [-0.15, -0.1) is 0 Å². The third-order valence-electron chi connectivity index (χ3n) is 5.23. The molecule has 0 fully saturated rings. The van der Waals surface area contributed by atoms with Crippen molar-refractivity contribution >= 4 is 33.2 Å². The van der Waals surface area contributed by atoms with E-state index in [1.807, 2.05) is 0 Å². The van der Waals surface area contributed by atoms with Gasteiger partial charge in [0.15, 0.2) is 9.84 Å². The summed E-state index contributed by atoms with van der Waals surface area (Å²) in [4.78, 5) is 36.3. The van der Waals surface area contributed by atoms with E-state index < -0.39 is 57.5 Å². The van der Waals surface area contributed by atoms with Crippen LogP contribution in [0.2, 0.25) is 0 Å². The maximum Gasteiger partial charge on any atom is 0.406 e. The number of hydrogen-bond donors (Lipinski definition) is 2. The highest BCUT2D eigenvalue weighted by Crippen LogP contribution is 2.30. The number of amides is 3. The molecule has 0 radical (unpaired) electrons. The Morgan fingerprint density at radius 2 is 1.61 bits per heavy atom. The van der Waals surface area contributed by atoms with Crippen molar-refractivity contribution in [2.75, 3.05) is 18.1 Å². The molecule has 0 aliphatic heterocycles. The lowest BCUT2D eigenvalue weighted by Crippen LogP contribution is -2.44. The van der Waals surface area contributed by atoms with E-state index in [2.05, 4.69) is 5.32 Å². The molecule has 0 heterocycles. The molecule has 0 saturated carbocycles. The van der Waals surface area contributed by atoms with Crippen LogP contribution in [0, 0.1) is 5.82 Å². The molecule has 38 heavy (non-hydrogen) atoms. The minimum Gasteiger partial charge on any atom is -0.366 e. The van der Waals surface area contributed by atoms with Gasteiger partial charge in [0.25, 0.3) is 0 Å². The summed E-state index contributed by atoms with van der Waals surface area (Å²) >= 11 is 0. The average Bonchev–Trinajstić information content (AvgIpc) is 2.82. The summed E-state index contributed by atoms with van der Waals surface area (Å²) in [6.07, 6.45) is -3.97. The minimum atomic E-state index is -4.82. The molecule has 0 unspecified atom stereocenters. The van der Waals surface area contributed by atoms with Gasteiger partial charge < -0.3 is 16.0 Å². The van der Waals surface area contributed by atoms with Gasteiger partial charge in [0.1, 0.15) is 17.3 Å². The Labute approximate surface area is 215 Å². The number of halogens is 4. The molecular weight excluding hydrogens is 530 g/mol. The van der Waals surface area contributed by atoms with Gasteiger partial charge in [0, 0.05) is 29.6 Å². The number of hydrogen-bond acceptors (Lipinski definition) is 5. The van der Waals surface area contributed by atoms with Crippen LogP contribution in [0.4, 0.5) is 23.2 Å². The molecule has 3 N–H and O–H groups in total. The van der Waals surface area contributed by atoms with Gasteiger partial charge in [-0.1, -0.05) is 36.4 Å². The smallest absolute Gasteiger partial charge is 0.366 e. The monoisotopic (exact) mass is 551 g/mol. The van der Waals surface area contributed by atoms with E-state index in [-0.39, 0.29) is 32.8 Å². The zero-order valence-electron chi connectivity index (χ0n) is 19.8. The number of nitrogens with two attached hydrogens (primary N) is 1. The van der Waals surface area contributed by atoms with Crippen LogP contribution in [0.5, 0.6) is 0 Å². The molecule has 3 rings (SSSR count). The molecule has 0 aromatic heterocycles. The fourth-order valence-corrected chi connectivity index (χ4v) is 4.64. The zero-order chi connectivity index (χ0) is 28.3. The largest absolute Gasteiger partial charge is 0.406 e. The number of nitrogens with zero attached hydrogens (tertiary/aromatic N) is 1. The second-order valence-corrected chi connectivity index (χ2v) is 10.2. The Kier molecular flexibility index (Phi) is 8.20. The maximum atomic E-state index is 14.2. The number of anilines is 1. The second kappa shape index (κ2) is 11.0. The Morgan fingerprint density at radius 3 is 2.18 bits per heavy atom. The van der Waals surface area contributed by atoms with Gasteiger partial charge in [0.05, 0.1) is 0 Å². The van der Waals surface area contributed by atoms with Crippen LogP contribution >= 0.6 is 0 Å². The zero-order valence-corrected chi connectivity index (χ0v) is 20.6. The Morgan fingerprint density at radius 1 is 0.974 bits per heavy atom. The first kappa shape index (κ1) is 28.3. The van der Waals surface area contributed by atoms with Crippen molar-refractivity contribution < 1.29 is 40.4 Å².